The second kappa shape index (κ2) is 6.79. The molecule has 2 aliphatic heterocycles. The van der Waals surface area contributed by atoms with E-state index in [2.05, 4.69) is 4.98 Å². The lowest BCUT2D eigenvalue weighted by atomic mass is 10.0. The van der Waals surface area contributed by atoms with Gasteiger partial charge in [-0.2, -0.15) is 0 Å². The maximum Gasteiger partial charge on any atom is 0.254 e. The topological polar surface area (TPSA) is 66.4 Å². The van der Waals surface area contributed by atoms with Gasteiger partial charge in [0.15, 0.2) is 0 Å². The Bertz CT molecular complexity index is 863. The minimum Gasteiger partial charge on any atom is -0.338 e. The van der Waals surface area contributed by atoms with Crippen LogP contribution >= 0.6 is 11.3 Å². The Labute approximate surface area is 156 Å². The van der Waals surface area contributed by atoms with Crippen LogP contribution in [0.3, 0.4) is 0 Å². The highest BCUT2D eigenvalue weighted by Gasteiger charge is 2.31. The maximum absolute atomic E-state index is 12.6. The van der Waals surface area contributed by atoms with Crippen molar-refractivity contribution in [1.29, 1.82) is 0 Å². The molecule has 1 atom stereocenters. The van der Waals surface area contributed by atoms with Gasteiger partial charge in [-0.3, -0.25) is 9.59 Å². The van der Waals surface area contributed by atoms with Crippen LogP contribution in [0.4, 0.5) is 0 Å². The van der Waals surface area contributed by atoms with E-state index in [9.17, 15) is 9.59 Å². The second-order valence-corrected chi connectivity index (χ2v) is 8.19. The van der Waals surface area contributed by atoms with Gasteiger partial charge in [-0.1, -0.05) is 0 Å². The van der Waals surface area contributed by atoms with Crippen molar-refractivity contribution in [2.24, 2.45) is 0 Å². The first-order valence-corrected chi connectivity index (χ1v) is 9.84. The number of hydrogen-bond acceptors (Lipinski definition) is 5. The van der Waals surface area contributed by atoms with Gasteiger partial charge in [0.2, 0.25) is 5.91 Å². The monoisotopic (exact) mass is 370 g/mol. The zero-order chi connectivity index (χ0) is 18.3. The molecule has 2 aromatic rings. The normalized spacial score (nSPS) is 19.5. The highest BCUT2D eigenvalue weighted by molar-refractivity contribution is 7.10. The van der Waals surface area contributed by atoms with Crippen LogP contribution in [0.15, 0.2) is 17.6 Å². The Balaban J connectivity index is 1.46. The van der Waals surface area contributed by atoms with E-state index in [1.54, 1.807) is 18.3 Å². The summed E-state index contributed by atoms with van der Waals surface area (Å²) in [4.78, 5) is 38.4. The number of aromatic nitrogens is 2. The van der Waals surface area contributed by atoms with E-state index in [4.69, 9.17) is 4.98 Å². The summed E-state index contributed by atoms with van der Waals surface area (Å²) in [5, 5.41) is 1.93. The van der Waals surface area contributed by atoms with Crippen LogP contribution in [0, 0.1) is 6.92 Å². The molecule has 2 aromatic heterocycles. The lowest BCUT2D eigenvalue weighted by Crippen LogP contribution is -2.35. The molecule has 0 aromatic carbocycles. The molecule has 2 amide bonds. The molecule has 6 nitrogen and oxygen atoms in total. The molecule has 0 spiro atoms. The maximum atomic E-state index is 12.6. The van der Waals surface area contributed by atoms with Gasteiger partial charge in [-0.15, -0.1) is 11.3 Å². The number of likely N-dealkylation sites (tertiary alicyclic amines) is 1. The molecule has 0 saturated carbocycles. The third-order valence-corrected chi connectivity index (χ3v) is 6.08. The van der Waals surface area contributed by atoms with Crippen molar-refractivity contribution < 1.29 is 9.59 Å². The lowest BCUT2D eigenvalue weighted by Gasteiger charge is -2.27. The number of rotatable bonds is 2. The van der Waals surface area contributed by atoms with E-state index in [-0.39, 0.29) is 17.7 Å². The van der Waals surface area contributed by atoms with Gasteiger partial charge in [-0.05, 0) is 19.4 Å². The molecule has 0 bridgehead atoms. The van der Waals surface area contributed by atoms with Gasteiger partial charge in [-0.25, -0.2) is 9.97 Å². The molecule has 2 aliphatic rings. The minimum absolute atomic E-state index is 0.0911. The van der Waals surface area contributed by atoms with Gasteiger partial charge in [0.25, 0.3) is 5.91 Å². The average Bonchev–Trinajstić information content (AvgIpc) is 3.29. The first kappa shape index (κ1) is 17.1. The molecule has 1 saturated heterocycles. The van der Waals surface area contributed by atoms with Gasteiger partial charge >= 0.3 is 0 Å². The van der Waals surface area contributed by atoms with E-state index in [0.717, 1.165) is 46.9 Å². The summed E-state index contributed by atoms with van der Waals surface area (Å²) >= 11 is 1.61. The predicted molar refractivity (Wildman–Crippen MR) is 99.1 cm³/mol. The van der Waals surface area contributed by atoms with Crippen molar-refractivity contribution in [2.45, 2.75) is 39.2 Å². The van der Waals surface area contributed by atoms with Crippen molar-refractivity contribution in [2.75, 3.05) is 19.6 Å². The lowest BCUT2D eigenvalue weighted by molar-refractivity contribution is -0.129. The summed E-state index contributed by atoms with van der Waals surface area (Å²) in [6.07, 6.45) is 3.53. The van der Waals surface area contributed by atoms with Gasteiger partial charge < -0.3 is 9.80 Å². The highest BCUT2D eigenvalue weighted by Crippen LogP contribution is 2.28. The number of carbonyl (C=O) groups excluding carboxylic acids is 2. The van der Waals surface area contributed by atoms with Crippen molar-refractivity contribution in [3.8, 4) is 0 Å². The number of amides is 2. The van der Waals surface area contributed by atoms with E-state index < -0.39 is 0 Å². The van der Waals surface area contributed by atoms with Crippen molar-refractivity contribution in [1.82, 2.24) is 19.8 Å². The quantitative estimate of drug-likeness (QED) is 0.814. The summed E-state index contributed by atoms with van der Waals surface area (Å²) in [6.45, 7) is 6.34. The van der Waals surface area contributed by atoms with Crippen LogP contribution in [-0.4, -0.2) is 51.2 Å². The Morgan fingerprint density at radius 1 is 1.27 bits per heavy atom. The summed E-state index contributed by atoms with van der Waals surface area (Å²) in [6, 6.07) is 1.95. The third-order valence-electron chi connectivity index (χ3n) is 5.22. The summed E-state index contributed by atoms with van der Waals surface area (Å²) in [7, 11) is 0. The Morgan fingerprint density at radius 2 is 2.12 bits per heavy atom. The average molecular weight is 370 g/mol. The zero-order valence-electron chi connectivity index (χ0n) is 15.1. The predicted octanol–water partition coefficient (Wildman–Crippen LogP) is 2.38. The SMILES string of the molecule is CC(=O)N1CCc2nc(C3CCN(C(=O)c4csc(C)c4)C3)ncc2C1. The zero-order valence-corrected chi connectivity index (χ0v) is 15.9. The Hall–Kier alpha value is -2.28. The number of hydrogen-bond donors (Lipinski definition) is 0. The second-order valence-electron chi connectivity index (χ2n) is 7.07. The molecule has 26 heavy (non-hydrogen) atoms. The van der Waals surface area contributed by atoms with Crippen molar-refractivity contribution in [3.63, 3.8) is 0 Å². The van der Waals surface area contributed by atoms with Crippen LogP contribution in [0.1, 0.15) is 51.6 Å². The summed E-state index contributed by atoms with van der Waals surface area (Å²) in [5.74, 6) is 1.21. The molecular weight excluding hydrogens is 348 g/mol. The van der Waals surface area contributed by atoms with Crippen LogP contribution in [0.2, 0.25) is 0 Å². The van der Waals surface area contributed by atoms with Crippen molar-refractivity contribution >= 4 is 23.2 Å². The minimum atomic E-state index is 0.0911. The fraction of sp³-hybridized carbons (Fsp3) is 0.474. The first-order chi connectivity index (χ1) is 12.5. The smallest absolute Gasteiger partial charge is 0.254 e. The van der Waals surface area contributed by atoms with Crippen LogP contribution in [0.25, 0.3) is 0 Å². The molecular formula is C19H22N4O2S. The number of carbonyl (C=O) groups is 2. The molecule has 7 heteroatoms. The van der Waals surface area contributed by atoms with Gasteiger partial charge in [0, 0.05) is 67.5 Å². The van der Waals surface area contributed by atoms with Crippen LogP contribution < -0.4 is 0 Å². The molecule has 0 radical (unpaired) electrons. The highest BCUT2D eigenvalue weighted by atomic mass is 32.1. The van der Waals surface area contributed by atoms with E-state index in [1.807, 2.05) is 34.4 Å². The first-order valence-electron chi connectivity index (χ1n) is 8.96. The fourth-order valence-electron chi connectivity index (χ4n) is 3.69. The number of fused-ring (bicyclic) bond motifs is 1. The third kappa shape index (κ3) is 3.23. The van der Waals surface area contributed by atoms with E-state index >= 15 is 0 Å². The number of aryl methyl sites for hydroxylation is 1. The van der Waals surface area contributed by atoms with E-state index in [0.29, 0.717) is 19.6 Å². The fourth-order valence-corrected chi connectivity index (χ4v) is 4.37. The summed E-state index contributed by atoms with van der Waals surface area (Å²) in [5.41, 5.74) is 2.87. The molecule has 1 fully saturated rings. The van der Waals surface area contributed by atoms with Gasteiger partial charge in [0.05, 0.1) is 11.3 Å². The molecule has 1 unspecified atom stereocenters. The number of nitrogens with zero attached hydrogens (tertiary/aromatic N) is 4. The van der Waals surface area contributed by atoms with Crippen LogP contribution in [0.5, 0.6) is 0 Å². The van der Waals surface area contributed by atoms with Gasteiger partial charge in [0.1, 0.15) is 5.82 Å². The Morgan fingerprint density at radius 3 is 2.85 bits per heavy atom. The summed E-state index contributed by atoms with van der Waals surface area (Å²) < 4.78 is 0. The Kier molecular flexibility index (Phi) is 4.48. The van der Waals surface area contributed by atoms with Crippen LogP contribution in [-0.2, 0) is 17.8 Å². The number of thiophene rings is 1. The van der Waals surface area contributed by atoms with Crippen molar-refractivity contribution in [3.05, 3.63) is 45.2 Å². The standard InChI is InChI=1S/C19H22N4O2S/c1-12-7-15(11-26-12)19(25)23-5-3-14(9-23)18-20-8-16-10-22(13(2)24)6-4-17(16)21-18/h7-8,11,14H,3-6,9-10H2,1-2H3. The van der Waals surface area contributed by atoms with E-state index in [1.165, 1.54) is 0 Å². The molecule has 4 rings (SSSR count). The molecule has 0 N–H and O–H groups in total. The molecule has 136 valence electrons. The molecule has 4 heterocycles. The largest absolute Gasteiger partial charge is 0.338 e. The molecule has 0 aliphatic carbocycles.